The number of nitrogens with one attached hydrogen (secondary N) is 2. The summed E-state index contributed by atoms with van der Waals surface area (Å²) in [6.07, 6.45) is 3.67. The molecule has 0 bridgehead atoms. The van der Waals surface area contributed by atoms with E-state index in [2.05, 4.69) is 15.4 Å². The van der Waals surface area contributed by atoms with Gasteiger partial charge in [-0.05, 0) is 33.1 Å². The van der Waals surface area contributed by atoms with Crippen molar-refractivity contribution in [3.63, 3.8) is 0 Å². The average Bonchev–Trinajstić information content (AvgIpc) is 2.87. The highest BCUT2D eigenvalue weighted by atomic mass is 35.5. The molecule has 9 heteroatoms. The number of hydrogen-bond donors (Lipinski definition) is 3. The first-order chi connectivity index (χ1) is 11.0. The number of carbonyl (C=O) groups is 1. The monoisotopic (exact) mass is 389 g/mol. The first-order valence-corrected chi connectivity index (χ1v) is 8.07. The quantitative estimate of drug-likeness (QED) is 0.741. The molecule has 2 atom stereocenters. The Morgan fingerprint density at radius 3 is 2.80 bits per heavy atom. The molecule has 2 aromatic rings. The molecule has 4 N–H and O–H groups in total. The number of nitrogens with two attached hydrogens (primary N) is 1. The molecule has 0 aliphatic heterocycles. The fourth-order valence-corrected chi connectivity index (χ4v) is 3.40. The van der Waals surface area contributed by atoms with Crippen LogP contribution < -0.4 is 16.6 Å². The second-order valence-corrected chi connectivity index (χ2v) is 6.42. The zero-order valence-electron chi connectivity index (χ0n) is 14.4. The molecule has 1 amide bonds. The van der Waals surface area contributed by atoms with Gasteiger partial charge in [-0.2, -0.15) is 0 Å². The van der Waals surface area contributed by atoms with E-state index in [1.165, 1.54) is 6.07 Å². The molecule has 1 aliphatic rings. The second-order valence-electron chi connectivity index (χ2n) is 6.42. The molecule has 140 valence electrons. The summed E-state index contributed by atoms with van der Waals surface area (Å²) >= 11 is 0. The van der Waals surface area contributed by atoms with Crippen molar-refractivity contribution < 1.29 is 4.79 Å². The molecule has 0 saturated heterocycles. The van der Waals surface area contributed by atoms with Crippen LogP contribution in [0, 0.1) is 19.8 Å². The Kier molecular flexibility index (Phi) is 7.46. The molecule has 3 rings (SSSR count). The molecule has 1 saturated carbocycles. The lowest BCUT2D eigenvalue weighted by Crippen LogP contribution is -2.37. The van der Waals surface area contributed by atoms with Gasteiger partial charge < -0.3 is 11.1 Å². The van der Waals surface area contributed by atoms with E-state index in [0.29, 0.717) is 12.2 Å². The van der Waals surface area contributed by atoms with Crippen LogP contribution in [0.4, 0.5) is 0 Å². The van der Waals surface area contributed by atoms with Crippen LogP contribution in [0.15, 0.2) is 10.9 Å². The number of aromatic amines is 1. The van der Waals surface area contributed by atoms with Gasteiger partial charge in [0, 0.05) is 41.5 Å². The molecule has 25 heavy (non-hydrogen) atoms. The van der Waals surface area contributed by atoms with E-state index < -0.39 is 0 Å². The Morgan fingerprint density at radius 2 is 2.12 bits per heavy atom. The van der Waals surface area contributed by atoms with Crippen molar-refractivity contribution in [2.75, 3.05) is 0 Å². The third kappa shape index (κ3) is 4.54. The van der Waals surface area contributed by atoms with E-state index in [1.807, 2.05) is 13.8 Å². The number of amides is 1. The molecule has 7 nitrogen and oxygen atoms in total. The molecule has 0 spiro atoms. The molecule has 2 unspecified atom stereocenters. The predicted octanol–water partition coefficient (Wildman–Crippen LogP) is 1.62. The Hall–Kier alpha value is -1.57. The Morgan fingerprint density at radius 1 is 1.40 bits per heavy atom. The molecule has 0 radical (unpaired) electrons. The van der Waals surface area contributed by atoms with E-state index in [1.54, 1.807) is 4.52 Å². The van der Waals surface area contributed by atoms with Crippen LogP contribution in [0.25, 0.3) is 5.65 Å². The highest BCUT2D eigenvalue weighted by molar-refractivity contribution is 5.85. The number of halogens is 2. The van der Waals surface area contributed by atoms with Crippen molar-refractivity contribution in [1.29, 1.82) is 0 Å². The molecule has 2 heterocycles. The third-order valence-electron chi connectivity index (χ3n) is 4.73. The summed E-state index contributed by atoms with van der Waals surface area (Å²) in [4.78, 5) is 28.2. The van der Waals surface area contributed by atoms with Gasteiger partial charge >= 0.3 is 0 Å². The number of hydrogen-bond acceptors (Lipinski definition) is 4. The van der Waals surface area contributed by atoms with Gasteiger partial charge in [-0.15, -0.1) is 24.8 Å². The second kappa shape index (κ2) is 8.69. The average molecular weight is 390 g/mol. The standard InChI is InChI=1S/C16H23N5O2.2ClH/c1-9-13(10(2)21-14(19-9)7-15(22)20-21)8-18-16(23)11-4-3-5-12(17)6-11;;/h7,11-12H,3-6,8,17H2,1-2H3,(H,18,23)(H,20,22);2*1H. The summed E-state index contributed by atoms with van der Waals surface area (Å²) in [6, 6.07) is 1.59. The van der Waals surface area contributed by atoms with E-state index in [-0.39, 0.29) is 48.2 Å². The van der Waals surface area contributed by atoms with Gasteiger partial charge in [-0.1, -0.05) is 6.42 Å². The molecular formula is C16H25Cl2N5O2. The molecule has 0 aromatic carbocycles. The Labute approximate surface area is 158 Å². The zero-order valence-corrected chi connectivity index (χ0v) is 16.0. The summed E-state index contributed by atoms with van der Waals surface area (Å²) in [6.45, 7) is 4.21. The smallest absolute Gasteiger partial charge is 0.266 e. The van der Waals surface area contributed by atoms with Crippen LogP contribution in [0.3, 0.4) is 0 Å². The van der Waals surface area contributed by atoms with Gasteiger partial charge in [0.1, 0.15) is 0 Å². The number of H-pyrrole nitrogens is 1. The van der Waals surface area contributed by atoms with Gasteiger partial charge in [0.25, 0.3) is 5.56 Å². The highest BCUT2D eigenvalue weighted by Crippen LogP contribution is 2.23. The van der Waals surface area contributed by atoms with E-state index >= 15 is 0 Å². The van der Waals surface area contributed by atoms with Crippen LogP contribution in [0.5, 0.6) is 0 Å². The largest absolute Gasteiger partial charge is 0.352 e. The number of fused-ring (bicyclic) bond motifs is 1. The number of carbonyl (C=O) groups excluding carboxylic acids is 1. The maximum absolute atomic E-state index is 12.4. The van der Waals surface area contributed by atoms with Gasteiger partial charge in [-0.25, -0.2) is 9.50 Å². The summed E-state index contributed by atoms with van der Waals surface area (Å²) in [5.41, 5.74) is 9.00. The van der Waals surface area contributed by atoms with Crippen molar-refractivity contribution in [1.82, 2.24) is 19.9 Å². The summed E-state index contributed by atoms with van der Waals surface area (Å²) < 4.78 is 1.66. The Bertz CT molecular complexity index is 802. The van der Waals surface area contributed by atoms with E-state index in [9.17, 15) is 9.59 Å². The van der Waals surface area contributed by atoms with Crippen LogP contribution >= 0.6 is 24.8 Å². The van der Waals surface area contributed by atoms with Crippen LogP contribution in [0.2, 0.25) is 0 Å². The maximum Gasteiger partial charge on any atom is 0.266 e. The summed E-state index contributed by atoms with van der Waals surface area (Å²) in [5.74, 6) is 0.0579. The minimum Gasteiger partial charge on any atom is -0.352 e. The van der Waals surface area contributed by atoms with Crippen LogP contribution in [0.1, 0.15) is 42.6 Å². The lowest BCUT2D eigenvalue weighted by atomic mass is 9.85. The fraction of sp³-hybridized carbons (Fsp3) is 0.562. The topological polar surface area (TPSA) is 105 Å². The minimum atomic E-state index is -0.183. The first-order valence-electron chi connectivity index (χ1n) is 8.07. The Balaban J connectivity index is 0.00000156. The van der Waals surface area contributed by atoms with Crippen LogP contribution in [-0.4, -0.2) is 26.5 Å². The zero-order chi connectivity index (χ0) is 16.6. The third-order valence-corrected chi connectivity index (χ3v) is 4.73. The maximum atomic E-state index is 12.4. The first kappa shape index (κ1) is 21.5. The molecular weight excluding hydrogens is 365 g/mol. The molecule has 2 aromatic heterocycles. The number of aromatic nitrogens is 3. The van der Waals surface area contributed by atoms with Crippen molar-refractivity contribution in [3.8, 4) is 0 Å². The SMILES string of the molecule is Cc1nc2cc(=O)[nH]n2c(C)c1CNC(=O)C1CCCC(N)C1.Cl.Cl. The number of aryl methyl sites for hydroxylation is 2. The van der Waals surface area contributed by atoms with Crippen molar-refractivity contribution >= 4 is 36.4 Å². The fourth-order valence-electron chi connectivity index (χ4n) is 3.40. The number of rotatable bonds is 3. The summed E-state index contributed by atoms with van der Waals surface area (Å²) in [5, 5.41) is 5.72. The van der Waals surface area contributed by atoms with Gasteiger partial charge in [-0.3, -0.25) is 14.7 Å². The molecule has 1 aliphatic carbocycles. The lowest BCUT2D eigenvalue weighted by molar-refractivity contribution is -0.126. The molecule has 1 fully saturated rings. The predicted molar refractivity (Wildman–Crippen MR) is 102 cm³/mol. The highest BCUT2D eigenvalue weighted by Gasteiger charge is 2.25. The van der Waals surface area contributed by atoms with E-state index in [0.717, 1.165) is 42.6 Å². The number of nitrogens with zero attached hydrogens (tertiary/aromatic N) is 2. The minimum absolute atomic E-state index is 0. The lowest BCUT2D eigenvalue weighted by Gasteiger charge is -2.25. The van der Waals surface area contributed by atoms with Crippen LogP contribution in [-0.2, 0) is 11.3 Å². The van der Waals surface area contributed by atoms with Crippen molar-refractivity contribution in [2.45, 2.75) is 52.1 Å². The van der Waals surface area contributed by atoms with Crippen molar-refractivity contribution in [2.24, 2.45) is 11.7 Å². The normalized spacial score (nSPS) is 19.8. The van der Waals surface area contributed by atoms with Gasteiger partial charge in [0.05, 0.1) is 0 Å². The van der Waals surface area contributed by atoms with Gasteiger partial charge in [0.15, 0.2) is 5.65 Å². The van der Waals surface area contributed by atoms with Crippen molar-refractivity contribution in [3.05, 3.63) is 33.4 Å². The van der Waals surface area contributed by atoms with E-state index in [4.69, 9.17) is 5.73 Å². The summed E-state index contributed by atoms with van der Waals surface area (Å²) in [7, 11) is 0. The van der Waals surface area contributed by atoms with Gasteiger partial charge in [0.2, 0.25) is 5.91 Å².